The van der Waals surface area contributed by atoms with E-state index in [1.54, 1.807) is 7.11 Å². The molecule has 1 aliphatic rings. The lowest BCUT2D eigenvalue weighted by Gasteiger charge is -2.15. The third-order valence-corrected chi connectivity index (χ3v) is 2.13. The van der Waals surface area contributed by atoms with Crippen molar-refractivity contribution in [3.05, 3.63) is 0 Å². The van der Waals surface area contributed by atoms with Crippen molar-refractivity contribution in [1.29, 1.82) is 0 Å². The van der Waals surface area contributed by atoms with Crippen LogP contribution in [-0.4, -0.2) is 13.7 Å². The van der Waals surface area contributed by atoms with Gasteiger partial charge in [0.1, 0.15) is 6.61 Å². The van der Waals surface area contributed by atoms with Crippen molar-refractivity contribution >= 4 is 0 Å². The number of hydrogen-bond acceptors (Lipinski definition) is 1. The zero-order valence-electron chi connectivity index (χ0n) is 7.23. The van der Waals surface area contributed by atoms with Crippen LogP contribution in [0.5, 0.6) is 0 Å². The molecule has 0 N–H and O–H groups in total. The fourth-order valence-corrected chi connectivity index (χ4v) is 1.51. The lowest BCUT2D eigenvalue weighted by Crippen LogP contribution is -2.03. The van der Waals surface area contributed by atoms with Crippen LogP contribution in [0.2, 0.25) is 0 Å². The first-order chi connectivity index (χ1) is 5.43. The molecule has 0 aromatic carbocycles. The summed E-state index contributed by atoms with van der Waals surface area (Å²) in [5, 5.41) is 0. The highest BCUT2D eigenvalue weighted by atomic mass is 16.5. The lowest BCUT2D eigenvalue weighted by atomic mass is 9.90. The predicted molar refractivity (Wildman–Crippen MR) is 46.2 cm³/mol. The standard InChI is InChI=1S/C10H16O/c1-11-9-5-8-10-6-3-2-4-7-10/h10H,2-4,6-7,9H2,1H3. The largest absolute Gasteiger partial charge is 0.372 e. The Balaban J connectivity index is 2.19. The van der Waals surface area contributed by atoms with Crippen LogP contribution < -0.4 is 0 Å². The fourth-order valence-electron chi connectivity index (χ4n) is 1.51. The molecule has 0 unspecified atom stereocenters. The van der Waals surface area contributed by atoms with Crippen LogP contribution >= 0.6 is 0 Å². The average molecular weight is 152 g/mol. The molecule has 1 heteroatoms. The van der Waals surface area contributed by atoms with E-state index < -0.39 is 0 Å². The third kappa shape index (κ3) is 3.43. The first-order valence-corrected chi connectivity index (χ1v) is 4.41. The Morgan fingerprint density at radius 3 is 2.64 bits per heavy atom. The van der Waals surface area contributed by atoms with Gasteiger partial charge in [-0.05, 0) is 12.8 Å². The van der Waals surface area contributed by atoms with Crippen molar-refractivity contribution in [2.45, 2.75) is 32.1 Å². The van der Waals surface area contributed by atoms with Gasteiger partial charge in [0.15, 0.2) is 0 Å². The fraction of sp³-hybridized carbons (Fsp3) is 0.800. The van der Waals surface area contributed by atoms with Crippen LogP contribution in [0.4, 0.5) is 0 Å². The Hall–Kier alpha value is -0.480. The molecule has 11 heavy (non-hydrogen) atoms. The summed E-state index contributed by atoms with van der Waals surface area (Å²) in [4.78, 5) is 0. The SMILES string of the molecule is COCC#CC1CCCCC1. The summed E-state index contributed by atoms with van der Waals surface area (Å²) < 4.78 is 4.86. The Morgan fingerprint density at radius 2 is 2.00 bits per heavy atom. The van der Waals surface area contributed by atoms with E-state index in [9.17, 15) is 0 Å². The highest BCUT2D eigenvalue weighted by Gasteiger charge is 2.09. The molecule has 1 nitrogen and oxygen atoms in total. The molecular formula is C10H16O. The highest BCUT2D eigenvalue weighted by Crippen LogP contribution is 2.22. The molecule has 0 amide bonds. The first-order valence-electron chi connectivity index (χ1n) is 4.41. The molecule has 0 spiro atoms. The minimum Gasteiger partial charge on any atom is -0.372 e. The van der Waals surface area contributed by atoms with Gasteiger partial charge in [0.25, 0.3) is 0 Å². The second kappa shape index (κ2) is 5.21. The molecule has 0 bridgehead atoms. The van der Waals surface area contributed by atoms with Crippen molar-refractivity contribution < 1.29 is 4.74 Å². The smallest absolute Gasteiger partial charge is 0.107 e. The summed E-state index contributed by atoms with van der Waals surface area (Å²) in [6.45, 7) is 0.594. The molecule has 0 radical (unpaired) electrons. The Bertz CT molecular complexity index is 146. The molecule has 0 atom stereocenters. The van der Waals surface area contributed by atoms with Crippen LogP contribution in [0.1, 0.15) is 32.1 Å². The minimum atomic E-state index is 0.594. The maximum Gasteiger partial charge on any atom is 0.107 e. The normalized spacial score (nSPS) is 19.0. The molecule has 1 rings (SSSR count). The van der Waals surface area contributed by atoms with Gasteiger partial charge in [0.05, 0.1) is 0 Å². The molecule has 0 aliphatic heterocycles. The monoisotopic (exact) mass is 152 g/mol. The summed E-state index contributed by atoms with van der Waals surface area (Å²) in [6, 6.07) is 0. The average Bonchev–Trinajstić information content (AvgIpc) is 2.07. The van der Waals surface area contributed by atoms with Gasteiger partial charge in [-0.1, -0.05) is 31.1 Å². The highest BCUT2D eigenvalue weighted by molar-refractivity contribution is 5.04. The van der Waals surface area contributed by atoms with Crippen molar-refractivity contribution in [3.8, 4) is 11.8 Å². The summed E-state index contributed by atoms with van der Waals surface area (Å²) in [5.41, 5.74) is 0. The van der Waals surface area contributed by atoms with Crippen molar-refractivity contribution in [3.63, 3.8) is 0 Å². The van der Waals surface area contributed by atoms with E-state index in [0.717, 1.165) is 0 Å². The molecule has 1 saturated carbocycles. The zero-order chi connectivity index (χ0) is 7.94. The maximum atomic E-state index is 4.86. The van der Waals surface area contributed by atoms with Gasteiger partial charge >= 0.3 is 0 Å². The van der Waals surface area contributed by atoms with Crippen LogP contribution in [0.3, 0.4) is 0 Å². The maximum absolute atomic E-state index is 4.86. The Kier molecular flexibility index (Phi) is 4.08. The van der Waals surface area contributed by atoms with Crippen molar-refractivity contribution in [1.82, 2.24) is 0 Å². The topological polar surface area (TPSA) is 9.23 Å². The van der Waals surface area contributed by atoms with Gasteiger partial charge in [-0.3, -0.25) is 0 Å². The minimum absolute atomic E-state index is 0.594. The van der Waals surface area contributed by atoms with Gasteiger partial charge in [0.2, 0.25) is 0 Å². The van der Waals surface area contributed by atoms with Gasteiger partial charge in [-0.2, -0.15) is 0 Å². The summed E-state index contributed by atoms with van der Waals surface area (Å²) in [6.07, 6.45) is 6.74. The second-order valence-corrected chi connectivity index (χ2v) is 3.09. The van der Waals surface area contributed by atoms with E-state index in [1.807, 2.05) is 0 Å². The van der Waals surface area contributed by atoms with Crippen LogP contribution in [0, 0.1) is 17.8 Å². The Morgan fingerprint density at radius 1 is 1.27 bits per heavy atom. The van der Waals surface area contributed by atoms with Gasteiger partial charge in [-0.15, -0.1) is 0 Å². The van der Waals surface area contributed by atoms with Crippen LogP contribution in [-0.2, 0) is 4.74 Å². The number of ether oxygens (including phenoxy) is 1. The second-order valence-electron chi connectivity index (χ2n) is 3.09. The van der Waals surface area contributed by atoms with Crippen molar-refractivity contribution in [2.75, 3.05) is 13.7 Å². The zero-order valence-corrected chi connectivity index (χ0v) is 7.23. The molecule has 62 valence electrons. The van der Waals surface area contributed by atoms with Crippen LogP contribution in [0.25, 0.3) is 0 Å². The number of rotatable bonds is 1. The number of methoxy groups -OCH3 is 1. The van der Waals surface area contributed by atoms with Gasteiger partial charge < -0.3 is 4.74 Å². The van der Waals surface area contributed by atoms with E-state index in [4.69, 9.17) is 4.74 Å². The number of hydrogen-bond donors (Lipinski definition) is 0. The Labute approximate surface area is 69.1 Å². The summed E-state index contributed by atoms with van der Waals surface area (Å²) in [5.74, 6) is 6.95. The molecule has 0 aromatic rings. The molecule has 0 aromatic heterocycles. The molecule has 0 saturated heterocycles. The molecule has 1 fully saturated rings. The third-order valence-electron chi connectivity index (χ3n) is 2.13. The van der Waals surface area contributed by atoms with E-state index in [-0.39, 0.29) is 0 Å². The predicted octanol–water partition coefficient (Wildman–Crippen LogP) is 2.22. The molecule has 0 heterocycles. The van der Waals surface area contributed by atoms with Gasteiger partial charge in [-0.25, -0.2) is 0 Å². The summed E-state index contributed by atoms with van der Waals surface area (Å²) in [7, 11) is 1.69. The van der Waals surface area contributed by atoms with E-state index >= 15 is 0 Å². The van der Waals surface area contributed by atoms with E-state index in [0.29, 0.717) is 12.5 Å². The summed E-state index contributed by atoms with van der Waals surface area (Å²) >= 11 is 0. The quantitative estimate of drug-likeness (QED) is 0.523. The molecular weight excluding hydrogens is 136 g/mol. The lowest BCUT2D eigenvalue weighted by molar-refractivity contribution is 0.239. The molecule has 1 aliphatic carbocycles. The first kappa shape index (κ1) is 8.62. The van der Waals surface area contributed by atoms with E-state index in [2.05, 4.69) is 11.8 Å². The van der Waals surface area contributed by atoms with E-state index in [1.165, 1.54) is 32.1 Å². The van der Waals surface area contributed by atoms with Crippen molar-refractivity contribution in [2.24, 2.45) is 5.92 Å². The van der Waals surface area contributed by atoms with Crippen LogP contribution in [0.15, 0.2) is 0 Å². The van der Waals surface area contributed by atoms with Gasteiger partial charge in [0, 0.05) is 13.0 Å².